The van der Waals surface area contributed by atoms with E-state index in [1.54, 1.807) is 14.2 Å². The van der Waals surface area contributed by atoms with Crippen molar-refractivity contribution in [1.29, 1.82) is 0 Å². The fourth-order valence-electron chi connectivity index (χ4n) is 1.80. The molecule has 0 saturated heterocycles. The Balaban J connectivity index is 2.85. The van der Waals surface area contributed by atoms with Gasteiger partial charge in [0.15, 0.2) is 0 Å². The van der Waals surface area contributed by atoms with E-state index in [2.05, 4.69) is 27.1 Å². The summed E-state index contributed by atoms with van der Waals surface area (Å²) in [4.78, 5) is 11.1. The molecule has 0 aliphatic heterocycles. The molecule has 0 saturated carbocycles. The average molecular weight is 282 g/mol. The summed E-state index contributed by atoms with van der Waals surface area (Å²) < 4.78 is 10.3. The molecular formula is C14H26N4O2. The molecule has 0 bridgehead atoms. The van der Waals surface area contributed by atoms with E-state index in [0.29, 0.717) is 19.2 Å². The number of nitrogens with one attached hydrogen (secondary N) is 1. The van der Waals surface area contributed by atoms with Crippen LogP contribution >= 0.6 is 0 Å². The lowest BCUT2D eigenvalue weighted by atomic mass is 10.3. The van der Waals surface area contributed by atoms with Crippen molar-refractivity contribution in [2.45, 2.75) is 20.3 Å². The zero-order valence-electron chi connectivity index (χ0n) is 13.0. The molecule has 0 fully saturated rings. The lowest BCUT2D eigenvalue weighted by molar-refractivity contribution is 0.190. The summed E-state index contributed by atoms with van der Waals surface area (Å²) in [7, 11) is 3.41. The average Bonchev–Trinajstić information content (AvgIpc) is 2.47. The highest BCUT2D eigenvalue weighted by Gasteiger charge is 2.12. The number of hydrogen-bond acceptors (Lipinski definition) is 6. The molecule has 0 radical (unpaired) electrons. The molecule has 0 atom stereocenters. The van der Waals surface area contributed by atoms with E-state index in [9.17, 15) is 0 Å². The van der Waals surface area contributed by atoms with Crippen LogP contribution in [0.2, 0.25) is 0 Å². The maximum atomic E-state index is 5.17. The highest BCUT2D eigenvalue weighted by atomic mass is 16.5. The number of nitrogens with zero attached hydrogens (tertiary/aromatic N) is 3. The van der Waals surface area contributed by atoms with Crippen LogP contribution in [0.4, 0.5) is 11.8 Å². The number of aryl methyl sites for hydroxylation is 1. The summed E-state index contributed by atoms with van der Waals surface area (Å²) in [6.07, 6.45) is 2.90. The molecule has 6 nitrogen and oxygen atoms in total. The second-order valence-electron chi connectivity index (χ2n) is 4.60. The predicted octanol–water partition coefficient (Wildman–Crippen LogP) is 1.71. The lowest BCUT2D eigenvalue weighted by Crippen LogP contribution is -2.32. The van der Waals surface area contributed by atoms with Crippen LogP contribution < -0.4 is 10.2 Å². The minimum Gasteiger partial charge on any atom is -0.383 e. The van der Waals surface area contributed by atoms with Crippen LogP contribution in [0.3, 0.4) is 0 Å². The van der Waals surface area contributed by atoms with Crippen LogP contribution in [-0.4, -0.2) is 57.0 Å². The molecule has 0 aromatic carbocycles. The van der Waals surface area contributed by atoms with Gasteiger partial charge in [0.2, 0.25) is 5.95 Å². The zero-order valence-corrected chi connectivity index (χ0v) is 13.0. The van der Waals surface area contributed by atoms with Crippen molar-refractivity contribution in [2.75, 3.05) is 57.3 Å². The molecule has 1 heterocycles. The van der Waals surface area contributed by atoms with Gasteiger partial charge in [-0.2, -0.15) is 4.98 Å². The van der Waals surface area contributed by atoms with Crippen molar-refractivity contribution in [2.24, 2.45) is 0 Å². The molecule has 20 heavy (non-hydrogen) atoms. The first-order chi connectivity index (χ1) is 9.72. The maximum Gasteiger partial charge on any atom is 0.224 e. The molecule has 1 N–H and O–H groups in total. The normalized spacial score (nSPS) is 10.6. The molecule has 114 valence electrons. The van der Waals surface area contributed by atoms with Crippen molar-refractivity contribution in [1.82, 2.24) is 9.97 Å². The molecule has 0 spiro atoms. The van der Waals surface area contributed by atoms with Crippen molar-refractivity contribution in [3.8, 4) is 0 Å². The molecule has 6 heteroatoms. The molecular weight excluding hydrogens is 256 g/mol. The Kier molecular flexibility index (Phi) is 7.91. The van der Waals surface area contributed by atoms with Gasteiger partial charge in [-0.15, -0.1) is 0 Å². The number of anilines is 2. The second kappa shape index (κ2) is 9.50. The van der Waals surface area contributed by atoms with E-state index in [4.69, 9.17) is 9.47 Å². The molecule has 0 amide bonds. The summed E-state index contributed by atoms with van der Waals surface area (Å²) in [5.41, 5.74) is 1.05. The first-order valence-electron chi connectivity index (χ1n) is 7.03. The van der Waals surface area contributed by atoms with Gasteiger partial charge in [0.25, 0.3) is 0 Å². The van der Waals surface area contributed by atoms with E-state index in [1.165, 1.54) is 0 Å². The Labute approximate surface area is 121 Å². The van der Waals surface area contributed by atoms with Gasteiger partial charge in [-0.05, 0) is 13.3 Å². The van der Waals surface area contributed by atoms with Crippen LogP contribution in [0.25, 0.3) is 0 Å². The Hall–Kier alpha value is -1.40. The Morgan fingerprint density at radius 3 is 2.40 bits per heavy atom. The van der Waals surface area contributed by atoms with Crippen molar-refractivity contribution < 1.29 is 9.47 Å². The Bertz CT molecular complexity index is 379. The Morgan fingerprint density at radius 2 is 1.85 bits per heavy atom. The SMILES string of the molecule is CCCNc1ncc(C)c(N(CCOC)CCOC)n1. The first kappa shape index (κ1) is 16.7. The van der Waals surface area contributed by atoms with Crippen LogP contribution in [0, 0.1) is 6.92 Å². The first-order valence-corrected chi connectivity index (χ1v) is 7.03. The van der Waals surface area contributed by atoms with Gasteiger partial charge in [0.05, 0.1) is 13.2 Å². The smallest absolute Gasteiger partial charge is 0.224 e. The minimum atomic E-state index is 0.658. The van der Waals surface area contributed by atoms with E-state index < -0.39 is 0 Å². The van der Waals surface area contributed by atoms with Crippen LogP contribution in [0.15, 0.2) is 6.20 Å². The van der Waals surface area contributed by atoms with E-state index in [-0.39, 0.29) is 0 Å². The maximum absolute atomic E-state index is 5.17. The van der Waals surface area contributed by atoms with E-state index >= 15 is 0 Å². The number of rotatable bonds is 10. The summed E-state index contributed by atoms with van der Waals surface area (Å²) in [6, 6.07) is 0. The molecule has 0 unspecified atom stereocenters. The number of methoxy groups -OCH3 is 2. The predicted molar refractivity (Wildman–Crippen MR) is 81.5 cm³/mol. The number of hydrogen-bond donors (Lipinski definition) is 1. The summed E-state index contributed by atoms with van der Waals surface area (Å²) in [5, 5.41) is 3.22. The number of aromatic nitrogens is 2. The molecule has 1 aromatic heterocycles. The van der Waals surface area contributed by atoms with Crippen molar-refractivity contribution in [3.63, 3.8) is 0 Å². The van der Waals surface area contributed by atoms with Gasteiger partial charge in [0, 0.05) is 45.6 Å². The second-order valence-corrected chi connectivity index (χ2v) is 4.60. The van der Waals surface area contributed by atoms with E-state index in [0.717, 1.165) is 37.4 Å². The zero-order chi connectivity index (χ0) is 14.8. The molecule has 1 aromatic rings. The van der Waals surface area contributed by atoms with Crippen molar-refractivity contribution in [3.05, 3.63) is 11.8 Å². The van der Waals surface area contributed by atoms with Gasteiger partial charge in [0.1, 0.15) is 5.82 Å². The van der Waals surface area contributed by atoms with Gasteiger partial charge >= 0.3 is 0 Å². The quantitative estimate of drug-likeness (QED) is 0.705. The van der Waals surface area contributed by atoms with Gasteiger partial charge in [-0.25, -0.2) is 4.98 Å². The Morgan fingerprint density at radius 1 is 1.20 bits per heavy atom. The lowest BCUT2D eigenvalue weighted by Gasteiger charge is -2.25. The fraction of sp³-hybridized carbons (Fsp3) is 0.714. The van der Waals surface area contributed by atoms with Gasteiger partial charge < -0.3 is 19.7 Å². The third-order valence-electron chi connectivity index (χ3n) is 2.91. The largest absolute Gasteiger partial charge is 0.383 e. The third-order valence-corrected chi connectivity index (χ3v) is 2.91. The fourth-order valence-corrected chi connectivity index (χ4v) is 1.80. The molecule has 1 rings (SSSR count). The summed E-state index contributed by atoms with van der Waals surface area (Å²) in [5.74, 6) is 1.61. The monoisotopic (exact) mass is 282 g/mol. The van der Waals surface area contributed by atoms with E-state index in [1.807, 2.05) is 13.1 Å². The summed E-state index contributed by atoms with van der Waals surface area (Å²) >= 11 is 0. The van der Waals surface area contributed by atoms with Crippen LogP contribution in [-0.2, 0) is 9.47 Å². The van der Waals surface area contributed by atoms with Crippen LogP contribution in [0.1, 0.15) is 18.9 Å². The third kappa shape index (κ3) is 5.30. The number of ether oxygens (including phenoxy) is 2. The van der Waals surface area contributed by atoms with Gasteiger partial charge in [-0.3, -0.25) is 0 Å². The molecule has 0 aliphatic carbocycles. The topological polar surface area (TPSA) is 59.5 Å². The standard InChI is InChI=1S/C14H26N4O2/c1-5-6-15-14-16-11-12(2)13(17-14)18(7-9-19-3)8-10-20-4/h11H,5-10H2,1-4H3,(H,15,16,17). The van der Waals surface area contributed by atoms with Crippen LogP contribution in [0.5, 0.6) is 0 Å². The summed E-state index contributed by atoms with van der Waals surface area (Å²) in [6.45, 7) is 7.89. The highest BCUT2D eigenvalue weighted by molar-refractivity contribution is 5.49. The van der Waals surface area contributed by atoms with Crippen molar-refractivity contribution >= 4 is 11.8 Å². The minimum absolute atomic E-state index is 0.658. The van der Waals surface area contributed by atoms with Gasteiger partial charge in [-0.1, -0.05) is 6.92 Å². The molecule has 0 aliphatic rings. The highest BCUT2D eigenvalue weighted by Crippen LogP contribution is 2.17.